The molecule has 0 radical (unpaired) electrons. The van der Waals surface area contributed by atoms with Gasteiger partial charge in [-0.05, 0) is 37.8 Å². The fourth-order valence-corrected chi connectivity index (χ4v) is 2.54. The van der Waals surface area contributed by atoms with Gasteiger partial charge in [-0.15, -0.1) is 0 Å². The Hall–Kier alpha value is -1.58. The Morgan fingerprint density at radius 3 is 2.72 bits per heavy atom. The second-order valence-electron chi connectivity index (χ2n) is 4.92. The van der Waals surface area contributed by atoms with Crippen molar-refractivity contribution in [1.29, 1.82) is 0 Å². The van der Waals surface area contributed by atoms with E-state index in [1.807, 2.05) is 0 Å². The smallest absolute Gasteiger partial charge is 0.331 e. The van der Waals surface area contributed by atoms with E-state index >= 15 is 0 Å². The molecule has 1 N–H and O–H groups in total. The van der Waals surface area contributed by atoms with E-state index in [0.29, 0.717) is 31.1 Å². The number of hydrogen-bond acceptors (Lipinski definition) is 3. The van der Waals surface area contributed by atoms with Gasteiger partial charge in [-0.25, -0.2) is 9.18 Å². The lowest BCUT2D eigenvalue weighted by molar-refractivity contribution is -0.153. The molecule has 0 aliphatic heterocycles. The Balaban J connectivity index is 2.17. The van der Waals surface area contributed by atoms with Gasteiger partial charge in [-0.1, -0.05) is 19.1 Å². The van der Waals surface area contributed by atoms with E-state index in [9.17, 15) is 9.18 Å². The van der Waals surface area contributed by atoms with Crippen molar-refractivity contribution in [2.24, 2.45) is 5.92 Å². The van der Waals surface area contributed by atoms with Crippen LogP contribution in [0.1, 0.15) is 26.7 Å². The van der Waals surface area contributed by atoms with Gasteiger partial charge < -0.3 is 10.1 Å². The molecule has 4 heteroatoms. The molecular weight excluding hydrogens is 233 g/mol. The maximum absolute atomic E-state index is 13.6. The minimum absolute atomic E-state index is 0.286. The minimum Gasteiger partial charge on any atom is -0.464 e. The predicted molar refractivity (Wildman–Crippen MR) is 67.8 cm³/mol. The van der Waals surface area contributed by atoms with Gasteiger partial charge in [0.2, 0.25) is 0 Å². The van der Waals surface area contributed by atoms with Crippen LogP contribution in [0.2, 0.25) is 0 Å². The first-order valence-electron chi connectivity index (χ1n) is 6.27. The number of carbonyl (C=O) groups is 1. The molecule has 98 valence electrons. The average Bonchev–Trinajstić information content (AvgIpc) is 2.30. The van der Waals surface area contributed by atoms with Crippen LogP contribution in [0.5, 0.6) is 0 Å². The Morgan fingerprint density at radius 1 is 1.50 bits per heavy atom. The van der Waals surface area contributed by atoms with Crippen molar-refractivity contribution in [2.75, 3.05) is 11.9 Å². The monoisotopic (exact) mass is 251 g/mol. The van der Waals surface area contributed by atoms with Crippen molar-refractivity contribution >= 4 is 11.7 Å². The number of esters is 1. The van der Waals surface area contributed by atoms with Crippen molar-refractivity contribution in [3.8, 4) is 0 Å². The molecule has 1 saturated carbocycles. The molecule has 1 aromatic carbocycles. The molecule has 1 aliphatic carbocycles. The van der Waals surface area contributed by atoms with Crippen LogP contribution < -0.4 is 5.32 Å². The maximum Gasteiger partial charge on any atom is 0.331 e. The van der Waals surface area contributed by atoms with Gasteiger partial charge in [0.25, 0.3) is 0 Å². The fraction of sp³-hybridized carbons (Fsp3) is 0.500. The summed E-state index contributed by atoms with van der Waals surface area (Å²) in [5.74, 6) is -0.180. The van der Waals surface area contributed by atoms with Gasteiger partial charge >= 0.3 is 5.97 Å². The second kappa shape index (κ2) is 4.96. The summed E-state index contributed by atoms with van der Waals surface area (Å²) >= 11 is 0. The summed E-state index contributed by atoms with van der Waals surface area (Å²) in [7, 11) is 0. The van der Waals surface area contributed by atoms with Gasteiger partial charge in [0.15, 0.2) is 0 Å². The predicted octanol–water partition coefficient (Wildman–Crippen LogP) is 2.97. The zero-order chi connectivity index (χ0) is 13.2. The summed E-state index contributed by atoms with van der Waals surface area (Å²) < 4.78 is 18.7. The number of hydrogen-bond donors (Lipinski definition) is 1. The molecule has 0 atom stereocenters. The molecule has 2 rings (SSSR count). The lowest BCUT2D eigenvalue weighted by atomic mass is 9.69. The first kappa shape index (κ1) is 12.9. The highest BCUT2D eigenvalue weighted by Gasteiger charge is 2.50. The molecular formula is C14H18FNO2. The summed E-state index contributed by atoms with van der Waals surface area (Å²) in [6.45, 7) is 4.19. The molecule has 1 fully saturated rings. The van der Waals surface area contributed by atoms with E-state index in [1.165, 1.54) is 6.07 Å². The topological polar surface area (TPSA) is 38.3 Å². The highest BCUT2D eigenvalue weighted by Crippen LogP contribution is 2.41. The van der Waals surface area contributed by atoms with Crippen molar-refractivity contribution < 1.29 is 13.9 Å². The van der Waals surface area contributed by atoms with Crippen molar-refractivity contribution in [3.63, 3.8) is 0 Å². The standard InChI is InChI=1S/C14H18FNO2/c1-3-18-13(17)14(8-10(2)9-14)16-12-7-5-4-6-11(12)15/h4-7,10,16H,3,8-9H2,1-2H3. The van der Waals surface area contributed by atoms with E-state index in [4.69, 9.17) is 4.74 Å². The second-order valence-corrected chi connectivity index (χ2v) is 4.92. The maximum atomic E-state index is 13.6. The highest BCUT2D eigenvalue weighted by atomic mass is 19.1. The van der Waals surface area contributed by atoms with Crippen LogP contribution in [0.25, 0.3) is 0 Å². The lowest BCUT2D eigenvalue weighted by Crippen LogP contribution is -2.56. The molecule has 1 aliphatic rings. The number of carbonyl (C=O) groups excluding carboxylic acids is 1. The van der Waals surface area contributed by atoms with Gasteiger partial charge in [-0.3, -0.25) is 0 Å². The van der Waals surface area contributed by atoms with E-state index < -0.39 is 5.54 Å². The molecule has 0 unspecified atom stereocenters. The van der Waals surface area contributed by atoms with E-state index in [0.717, 1.165) is 0 Å². The summed E-state index contributed by atoms with van der Waals surface area (Å²) in [5.41, 5.74) is -0.394. The van der Waals surface area contributed by atoms with Crippen molar-refractivity contribution in [2.45, 2.75) is 32.2 Å². The molecule has 0 aromatic heterocycles. The number of anilines is 1. The molecule has 0 saturated heterocycles. The SMILES string of the molecule is CCOC(=O)C1(Nc2ccccc2F)CC(C)C1. The number of benzene rings is 1. The number of nitrogens with one attached hydrogen (secondary N) is 1. The van der Waals surface area contributed by atoms with Crippen LogP contribution in [0.3, 0.4) is 0 Å². The Labute approximate surface area is 106 Å². The largest absolute Gasteiger partial charge is 0.464 e. The fourth-order valence-electron chi connectivity index (χ4n) is 2.54. The summed E-state index contributed by atoms with van der Waals surface area (Å²) in [4.78, 5) is 12.0. The van der Waals surface area contributed by atoms with Gasteiger partial charge in [-0.2, -0.15) is 0 Å². The molecule has 0 bridgehead atoms. The molecule has 1 aromatic rings. The molecule has 3 nitrogen and oxygen atoms in total. The highest BCUT2D eigenvalue weighted by molar-refractivity contribution is 5.86. The minimum atomic E-state index is -0.752. The van der Waals surface area contributed by atoms with Crippen LogP contribution in [-0.2, 0) is 9.53 Å². The summed E-state index contributed by atoms with van der Waals surface area (Å²) in [5, 5.41) is 3.03. The number of ether oxygens (including phenoxy) is 1. The van der Waals surface area contributed by atoms with Gasteiger partial charge in [0.1, 0.15) is 11.4 Å². The Kier molecular flexibility index (Phi) is 3.55. The summed E-state index contributed by atoms with van der Waals surface area (Å²) in [6, 6.07) is 6.38. The first-order chi connectivity index (χ1) is 8.57. The normalized spacial score (nSPS) is 26.3. The summed E-state index contributed by atoms with van der Waals surface area (Å²) in [6.07, 6.45) is 1.36. The number of halogens is 1. The number of rotatable bonds is 4. The zero-order valence-corrected chi connectivity index (χ0v) is 10.7. The lowest BCUT2D eigenvalue weighted by Gasteiger charge is -2.45. The van der Waals surface area contributed by atoms with Gasteiger partial charge in [0, 0.05) is 0 Å². The van der Waals surface area contributed by atoms with Crippen LogP contribution in [0, 0.1) is 11.7 Å². The van der Waals surface area contributed by atoms with E-state index in [1.54, 1.807) is 25.1 Å². The third kappa shape index (κ3) is 2.33. The Morgan fingerprint density at radius 2 is 2.17 bits per heavy atom. The quantitative estimate of drug-likeness (QED) is 0.836. The van der Waals surface area contributed by atoms with Crippen molar-refractivity contribution in [3.05, 3.63) is 30.1 Å². The average molecular weight is 251 g/mol. The molecule has 0 amide bonds. The third-order valence-corrected chi connectivity index (χ3v) is 3.31. The third-order valence-electron chi connectivity index (χ3n) is 3.31. The zero-order valence-electron chi connectivity index (χ0n) is 10.7. The van der Waals surface area contributed by atoms with Crippen LogP contribution in [-0.4, -0.2) is 18.1 Å². The van der Waals surface area contributed by atoms with Crippen LogP contribution in [0.15, 0.2) is 24.3 Å². The Bertz CT molecular complexity index is 441. The molecule has 18 heavy (non-hydrogen) atoms. The first-order valence-corrected chi connectivity index (χ1v) is 6.27. The molecule has 0 heterocycles. The van der Waals surface area contributed by atoms with E-state index in [2.05, 4.69) is 12.2 Å². The van der Waals surface area contributed by atoms with E-state index in [-0.39, 0.29) is 11.8 Å². The number of para-hydroxylation sites is 1. The molecule has 0 spiro atoms. The van der Waals surface area contributed by atoms with Crippen molar-refractivity contribution in [1.82, 2.24) is 0 Å². The van der Waals surface area contributed by atoms with Crippen LogP contribution >= 0.6 is 0 Å². The van der Waals surface area contributed by atoms with Gasteiger partial charge in [0.05, 0.1) is 12.3 Å². The van der Waals surface area contributed by atoms with Crippen LogP contribution in [0.4, 0.5) is 10.1 Å².